The van der Waals surface area contributed by atoms with E-state index < -0.39 is 10.0 Å². The number of rotatable bonds is 4. The maximum Gasteiger partial charge on any atom is 0.243 e. The molecule has 0 spiro atoms. The van der Waals surface area contributed by atoms with Gasteiger partial charge in [0.15, 0.2) is 11.5 Å². The molecule has 2 aliphatic rings. The van der Waals surface area contributed by atoms with Gasteiger partial charge in [-0.25, -0.2) is 8.42 Å². The van der Waals surface area contributed by atoms with Gasteiger partial charge in [-0.2, -0.15) is 4.31 Å². The third-order valence-electron chi connectivity index (χ3n) is 3.88. The van der Waals surface area contributed by atoms with Crippen molar-refractivity contribution in [3.05, 3.63) is 18.2 Å². The third kappa shape index (κ3) is 2.61. The number of hydrogen-bond acceptors (Lipinski definition) is 5. The first-order chi connectivity index (χ1) is 9.94. The predicted octanol–water partition coefficient (Wildman–Crippen LogP) is 0.960. The molecular formula is C14H20N2O4S. The molecule has 2 N–H and O–H groups in total. The van der Waals surface area contributed by atoms with Crippen LogP contribution in [0.15, 0.2) is 23.1 Å². The van der Waals surface area contributed by atoms with E-state index in [4.69, 9.17) is 15.2 Å². The van der Waals surface area contributed by atoms with Crippen LogP contribution in [0.2, 0.25) is 0 Å². The van der Waals surface area contributed by atoms with Crippen LogP contribution in [0.3, 0.4) is 0 Å². The van der Waals surface area contributed by atoms with E-state index in [2.05, 4.69) is 0 Å². The van der Waals surface area contributed by atoms with Gasteiger partial charge < -0.3 is 15.2 Å². The van der Waals surface area contributed by atoms with Crippen LogP contribution in [0.4, 0.5) is 0 Å². The van der Waals surface area contributed by atoms with E-state index in [1.54, 1.807) is 12.1 Å². The van der Waals surface area contributed by atoms with Gasteiger partial charge in [-0.15, -0.1) is 0 Å². The van der Waals surface area contributed by atoms with E-state index >= 15 is 0 Å². The molecule has 0 radical (unpaired) electrons. The summed E-state index contributed by atoms with van der Waals surface area (Å²) in [6.45, 7) is 3.71. The van der Waals surface area contributed by atoms with Crippen LogP contribution in [-0.2, 0) is 10.0 Å². The Kier molecular flexibility index (Phi) is 3.59. The molecule has 0 bridgehead atoms. The average Bonchev–Trinajstić information content (AvgIpc) is 2.44. The highest BCUT2D eigenvalue weighted by atomic mass is 32.2. The first-order valence-electron chi connectivity index (χ1n) is 7.13. The summed E-state index contributed by atoms with van der Waals surface area (Å²) in [5.74, 6) is 1.07. The van der Waals surface area contributed by atoms with E-state index in [-0.39, 0.29) is 10.4 Å². The van der Waals surface area contributed by atoms with E-state index in [1.807, 2.05) is 6.92 Å². The summed E-state index contributed by atoms with van der Waals surface area (Å²) in [6, 6.07) is 4.72. The van der Waals surface area contributed by atoms with Gasteiger partial charge in [0.1, 0.15) is 13.2 Å². The highest BCUT2D eigenvalue weighted by Gasteiger charge is 2.45. The lowest BCUT2D eigenvalue weighted by atomic mass is 9.89. The molecule has 7 heteroatoms. The van der Waals surface area contributed by atoms with Gasteiger partial charge in [-0.1, -0.05) is 13.3 Å². The number of hydrogen-bond donors (Lipinski definition) is 1. The van der Waals surface area contributed by atoms with Crippen LogP contribution < -0.4 is 15.2 Å². The molecule has 2 heterocycles. The van der Waals surface area contributed by atoms with Gasteiger partial charge in [0.2, 0.25) is 10.0 Å². The number of nitrogens with two attached hydrogens (primary N) is 1. The second kappa shape index (κ2) is 5.15. The number of sulfonamides is 1. The maximum atomic E-state index is 12.6. The molecule has 0 atom stereocenters. The van der Waals surface area contributed by atoms with E-state index in [0.29, 0.717) is 37.8 Å². The van der Waals surface area contributed by atoms with Gasteiger partial charge >= 0.3 is 0 Å². The molecule has 0 unspecified atom stereocenters. The molecule has 0 aliphatic carbocycles. The molecule has 3 rings (SSSR count). The Morgan fingerprint density at radius 1 is 1.24 bits per heavy atom. The van der Waals surface area contributed by atoms with Crippen molar-refractivity contribution in [1.82, 2.24) is 4.31 Å². The van der Waals surface area contributed by atoms with Crippen molar-refractivity contribution in [3.8, 4) is 11.5 Å². The van der Waals surface area contributed by atoms with Crippen molar-refractivity contribution < 1.29 is 17.9 Å². The molecule has 0 aromatic heterocycles. The summed E-state index contributed by atoms with van der Waals surface area (Å²) >= 11 is 0. The SMILES string of the molecule is CCCC1(N)CN(S(=O)(=O)c2ccc3c(c2)OCCO3)C1. The van der Waals surface area contributed by atoms with Crippen molar-refractivity contribution >= 4 is 10.0 Å². The lowest BCUT2D eigenvalue weighted by molar-refractivity contribution is 0.146. The average molecular weight is 312 g/mol. The lowest BCUT2D eigenvalue weighted by Crippen LogP contribution is -2.68. The van der Waals surface area contributed by atoms with Gasteiger partial charge in [0.25, 0.3) is 0 Å². The second-order valence-corrected chi connectivity index (χ2v) is 7.63. The molecule has 1 aromatic carbocycles. The number of ether oxygens (including phenoxy) is 2. The van der Waals surface area contributed by atoms with Crippen molar-refractivity contribution in [2.24, 2.45) is 5.73 Å². The lowest BCUT2D eigenvalue weighted by Gasteiger charge is -2.46. The molecule has 0 saturated carbocycles. The molecule has 6 nitrogen and oxygen atoms in total. The van der Waals surface area contributed by atoms with Crippen LogP contribution in [0.5, 0.6) is 11.5 Å². The Bertz CT molecular complexity index is 638. The fraction of sp³-hybridized carbons (Fsp3) is 0.571. The van der Waals surface area contributed by atoms with Gasteiger partial charge in [-0.3, -0.25) is 0 Å². The fourth-order valence-electron chi connectivity index (χ4n) is 2.82. The summed E-state index contributed by atoms with van der Waals surface area (Å²) in [7, 11) is -3.51. The number of fused-ring (bicyclic) bond motifs is 1. The van der Waals surface area contributed by atoms with Crippen LogP contribution in [0, 0.1) is 0 Å². The van der Waals surface area contributed by atoms with Crippen molar-refractivity contribution in [1.29, 1.82) is 0 Å². The Morgan fingerprint density at radius 3 is 2.57 bits per heavy atom. The van der Waals surface area contributed by atoms with Crippen LogP contribution in [-0.4, -0.2) is 44.6 Å². The predicted molar refractivity (Wildman–Crippen MR) is 78.0 cm³/mol. The molecule has 1 fully saturated rings. The molecule has 1 saturated heterocycles. The van der Waals surface area contributed by atoms with Crippen LogP contribution >= 0.6 is 0 Å². The van der Waals surface area contributed by atoms with Crippen molar-refractivity contribution in [2.75, 3.05) is 26.3 Å². The summed E-state index contributed by atoms with van der Waals surface area (Å²) in [6.07, 6.45) is 1.79. The monoisotopic (exact) mass is 312 g/mol. The van der Waals surface area contributed by atoms with Crippen molar-refractivity contribution in [3.63, 3.8) is 0 Å². The van der Waals surface area contributed by atoms with Gasteiger partial charge in [-0.05, 0) is 18.6 Å². The van der Waals surface area contributed by atoms with Crippen LogP contribution in [0.25, 0.3) is 0 Å². The fourth-order valence-corrected chi connectivity index (χ4v) is 4.46. The largest absolute Gasteiger partial charge is 0.486 e. The normalized spacial score (nSPS) is 20.9. The first kappa shape index (κ1) is 14.6. The smallest absolute Gasteiger partial charge is 0.243 e. The highest BCUT2D eigenvalue weighted by Crippen LogP contribution is 2.35. The minimum Gasteiger partial charge on any atom is -0.486 e. The van der Waals surface area contributed by atoms with E-state index in [0.717, 1.165) is 12.8 Å². The highest BCUT2D eigenvalue weighted by molar-refractivity contribution is 7.89. The zero-order valence-corrected chi connectivity index (χ0v) is 12.9. The van der Waals surface area contributed by atoms with Gasteiger partial charge in [0.05, 0.1) is 4.90 Å². The molecule has 116 valence electrons. The summed E-state index contributed by atoms with van der Waals surface area (Å²) in [5, 5.41) is 0. The Balaban J connectivity index is 1.80. The standard InChI is InChI=1S/C14H20N2O4S/c1-2-5-14(15)9-16(10-14)21(17,18)11-3-4-12-13(8-11)20-7-6-19-12/h3-4,8H,2,5-7,9-10,15H2,1H3. The molecule has 1 aromatic rings. The van der Waals surface area contributed by atoms with Gasteiger partial charge in [0, 0.05) is 24.7 Å². The molecular weight excluding hydrogens is 292 g/mol. The summed E-state index contributed by atoms with van der Waals surface area (Å²) in [4.78, 5) is 0.227. The maximum absolute atomic E-state index is 12.6. The minimum absolute atomic E-state index is 0.227. The quantitative estimate of drug-likeness (QED) is 0.895. The minimum atomic E-state index is -3.51. The zero-order chi connectivity index (χ0) is 15.1. The number of nitrogens with zero attached hydrogens (tertiary/aromatic N) is 1. The first-order valence-corrected chi connectivity index (χ1v) is 8.57. The topological polar surface area (TPSA) is 81.9 Å². The molecule has 0 amide bonds. The molecule has 2 aliphatic heterocycles. The third-order valence-corrected chi connectivity index (χ3v) is 5.67. The van der Waals surface area contributed by atoms with Crippen molar-refractivity contribution in [2.45, 2.75) is 30.2 Å². The van der Waals surface area contributed by atoms with E-state index in [1.165, 1.54) is 10.4 Å². The Morgan fingerprint density at radius 2 is 1.90 bits per heavy atom. The zero-order valence-electron chi connectivity index (χ0n) is 12.0. The van der Waals surface area contributed by atoms with E-state index in [9.17, 15) is 8.42 Å². The Hall–Kier alpha value is -1.31. The summed E-state index contributed by atoms with van der Waals surface area (Å²) in [5.41, 5.74) is 5.76. The second-order valence-electron chi connectivity index (χ2n) is 5.69. The number of benzene rings is 1. The molecule has 21 heavy (non-hydrogen) atoms. The summed E-state index contributed by atoms with van der Waals surface area (Å²) < 4.78 is 37.4. The van der Waals surface area contributed by atoms with Crippen LogP contribution in [0.1, 0.15) is 19.8 Å². The Labute approximate surface area is 124 Å².